The summed E-state index contributed by atoms with van der Waals surface area (Å²) in [5, 5.41) is 10.1. The fourth-order valence-electron chi connectivity index (χ4n) is 5.18. The standard InChI is InChI=1S/C20H20ClN7OS/c1-8-23-12-5-4-10(15(21)17(12)30-8)16-14-18(26-25-16)24-20(27(2)19(14)29)28-9-3-6-13(28)11(22)7-9/h4-5,9,11,13-14H,3,6-7,22H2,1-2H3/t9-,11+,13+,14?/m0/s1. The molecule has 4 aliphatic heterocycles. The van der Waals surface area contributed by atoms with Gasteiger partial charge in [0.15, 0.2) is 5.84 Å². The number of halogens is 1. The van der Waals surface area contributed by atoms with E-state index < -0.39 is 5.92 Å². The van der Waals surface area contributed by atoms with Crippen LogP contribution in [0.3, 0.4) is 0 Å². The van der Waals surface area contributed by atoms with Crippen LogP contribution in [0, 0.1) is 12.8 Å². The van der Waals surface area contributed by atoms with Crippen molar-refractivity contribution in [3.63, 3.8) is 0 Å². The van der Waals surface area contributed by atoms with Crippen LogP contribution in [0.5, 0.6) is 0 Å². The van der Waals surface area contributed by atoms with Crippen molar-refractivity contribution in [2.24, 2.45) is 26.8 Å². The average molecular weight is 442 g/mol. The van der Waals surface area contributed by atoms with Crippen LogP contribution in [0.4, 0.5) is 0 Å². The number of amides is 1. The molecule has 2 aromatic rings. The van der Waals surface area contributed by atoms with Crippen molar-refractivity contribution in [3.05, 3.63) is 27.7 Å². The Kier molecular flexibility index (Phi) is 3.88. The van der Waals surface area contributed by atoms with E-state index in [-0.39, 0.29) is 18.0 Å². The number of carbonyl (C=O) groups excluding carboxylic acids is 1. The van der Waals surface area contributed by atoms with Gasteiger partial charge in [-0.1, -0.05) is 11.6 Å². The molecule has 1 unspecified atom stereocenters. The number of thiazole rings is 1. The van der Waals surface area contributed by atoms with Gasteiger partial charge in [0.05, 0.1) is 26.0 Å². The molecular formula is C20H20ClN7OS. The van der Waals surface area contributed by atoms with Crippen LogP contribution in [0.15, 0.2) is 27.3 Å². The molecule has 8 nitrogen and oxygen atoms in total. The molecule has 2 saturated heterocycles. The van der Waals surface area contributed by atoms with Gasteiger partial charge >= 0.3 is 0 Å². The van der Waals surface area contributed by atoms with Crippen molar-refractivity contribution in [2.45, 2.75) is 44.3 Å². The molecule has 6 rings (SSSR count). The van der Waals surface area contributed by atoms with Crippen molar-refractivity contribution < 1.29 is 4.79 Å². The molecule has 154 valence electrons. The van der Waals surface area contributed by atoms with Crippen molar-refractivity contribution in [1.82, 2.24) is 14.8 Å². The van der Waals surface area contributed by atoms with Crippen molar-refractivity contribution in [3.8, 4) is 0 Å². The minimum atomic E-state index is -0.642. The van der Waals surface area contributed by atoms with Crippen LogP contribution in [0.1, 0.15) is 29.8 Å². The molecule has 5 heterocycles. The third kappa shape index (κ3) is 2.39. The van der Waals surface area contributed by atoms with E-state index in [2.05, 4.69) is 20.1 Å². The van der Waals surface area contributed by atoms with E-state index in [4.69, 9.17) is 22.3 Å². The SMILES string of the molecule is Cc1nc2ccc(C3=NN=C4N=C(N5[C@H]6CC[C@@H]5[C@H](N)C6)N(C)C(=O)C43)c(Cl)c2s1. The Labute approximate surface area is 182 Å². The van der Waals surface area contributed by atoms with Gasteiger partial charge in [0.1, 0.15) is 5.92 Å². The second-order valence-corrected chi connectivity index (χ2v) is 9.88. The molecule has 0 saturated carbocycles. The van der Waals surface area contributed by atoms with Gasteiger partial charge in [-0.25, -0.2) is 4.98 Å². The Morgan fingerprint density at radius 2 is 2.10 bits per heavy atom. The van der Waals surface area contributed by atoms with Gasteiger partial charge < -0.3 is 10.6 Å². The number of nitrogens with two attached hydrogens (primary N) is 1. The van der Waals surface area contributed by atoms with E-state index >= 15 is 0 Å². The van der Waals surface area contributed by atoms with Crippen LogP contribution in [0.2, 0.25) is 5.02 Å². The molecule has 1 aromatic heterocycles. The zero-order valence-electron chi connectivity index (χ0n) is 16.5. The summed E-state index contributed by atoms with van der Waals surface area (Å²) in [5.74, 6) is 0.342. The Bertz CT molecular complexity index is 1200. The van der Waals surface area contributed by atoms with Crippen molar-refractivity contribution in [1.29, 1.82) is 0 Å². The summed E-state index contributed by atoms with van der Waals surface area (Å²) < 4.78 is 0.895. The highest BCUT2D eigenvalue weighted by Crippen LogP contribution is 2.40. The highest BCUT2D eigenvalue weighted by atomic mass is 35.5. The van der Waals surface area contributed by atoms with E-state index in [0.717, 1.165) is 34.5 Å². The zero-order valence-corrected chi connectivity index (χ0v) is 18.1. The number of hydrogen-bond donors (Lipinski definition) is 1. The first-order chi connectivity index (χ1) is 14.4. The maximum absolute atomic E-state index is 13.4. The number of aromatic nitrogens is 1. The van der Waals surface area contributed by atoms with E-state index in [1.165, 1.54) is 11.3 Å². The highest BCUT2D eigenvalue weighted by molar-refractivity contribution is 7.19. The van der Waals surface area contributed by atoms with E-state index in [0.29, 0.717) is 34.1 Å². The fourth-order valence-corrected chi connectivity index (χ4v) is 6.41. The number of fused-ring (bicyclic) bond motifs is 4. The van der Waals surface area contributed by atoms with Gasteiger partial charge in [-0.15, -0.1) is 16.4 Å². The first kappa shape index (κ1) is 18.4. The molecule has 0 spiro atoms. The summed E-state index contributed by atoms with van der Waals surface area (Å²) in [4.78, 5) is 26.5. The predicted molar refractivity (Wildman–Crippen MR) is 118 cm³/mol. The summed E-state index contributed by atoms with van der Waals surface area (Å²) in [6.07, 6.45) is 3.06. The number of aliphatic imine (C=N–C) groups is 1. The van der Waals surface area contributed by atoms with E-state index in [1.54, 1.807) is 11.9 Å². The molecule has 2 fully saturated rings. The molecule has 10 heteroatoms. The minimum Gasteiger partial charge on any atom is -0.335 e. The number of amidine groups is 1. The van der Waals surface area contributed by atoms with Crippen LogP contribution in [-0.2, 0) is 4.79 Å². The summed E-state index contributed by atoms with van der Waals surface area (Å²) in [6, 6.07) is 4.47. The number of aryl methyl sites for hydroxylation is 1. The zero-order chi connectivity index (χ0) is 20.7. The summed E-state index contributed by atoms with van der Waals surface area (Å²) in [7, 11) is 1.77. The average Bonchev–Trinajstić information content (AvgIpc) is 3.46. The molecule has 2 bridgehead atoms. The first-order valence-electron chi connectivity index (χ1n) is 10.1. The van der Waals surface area contributed by atoms with Crippen LogP contribution in [-0.4, -0.2) is 63.4 Å². The van der Waals surface area contributed by atoms with Crippen LogP contribution >= 0.6 is 22.9 Å². The van der Waals surface area contributed by atoms with Gasteiger partial charge in [-0.2, -0.15) is 10.1 Å². The van der Waals surface area contributed by atoms with Gasteiger partial charge in [0, 0.05) is 30.7 Å². The smallest absolute Gasteiger partial charge is 0.246 e. The predicted octanol–water partition coefficient (Wildman–Crippen LogP) is 2.38. The quantitative estimate of drug-likeness (QED) is 0.734. The monoisotopic (exact) mass is 441 g/mol. The van der Waals surface area contributed by atoms with Crippen LogP contribution < -0.4 is 5.73 Å². The third-order valence-electron chi connectivity index (χ3n) is 6.58. The fraction of sp³-hybridized carbons (Fsp3) is 0.450. The molecule has 1 aromatic carbocycles. The molecule has 1 amide bonds. The topological polar surface area (TPSA) is 99.5 Å². The van der Waals surface area contributed by atoms with Gasteiger partial charge in [0.2, 0.25) is 11.9 Å². The number of hydrogen-bond acceptors (Lipinski definition) is 8. The van der Waals surface area contributed by atoms with Crippen molar-refractivity contribution >= 4 is 56.6 Å². The second kappa shape index (κ2) is 6.32. The molecule has 30 heavy (non-hydrogen) atoms. The lowest BCUT2D eigenvalue weighted by Gasteiger charge is -2.35. The number of guanidine groups is 1. The number of benzene rings is 1. The van der Waals surface area contributed by atoms with Crippen molar-refractivity contribution in [2.75, 3.05) is 7.05 Å². The van der Waals surface area contributed by atoms with Gasteiger partial charge in [0.25, 0.3) is 0 Å². The Morgan fingerprint density at radius 3 is 2.83 bits per heavy atom. The molecule has 0 aliphatic carbocycles. The van der Waals surface area contributed by atoms with E-state index in [1.807, 2.05) is 19.1 Å². The molecule has 2 N–H and O–H groups in total. The molecule has 0 radical (unpaired) electrons. The van der Waals surface area contributed by atoms with Gasteiger partial charge in [-0.05, 0) is 38.3 Å². The third-order valence-corrected chi connectivity index (χ3v) is 8.09. The Balaban J connectivity index is 1.38. The minimum absolute atomic E-state index is 0.0912. The maximum atomic E-state index is 13.4. The summed E-state index contributed by atoms with van der Waals surface area (Å²) >= 11 is 8.23. The molecule has 4 aliphatic rings. The van der Waals surface area contributed by atoms with Gasteiger partial charge in [-0.3, -0.25) is 9.69 Å². The lowest BCUT2D eigenvalue weighted by molar-refractivity contribution is -0.127. The lowest BCUT2D eigenvalue weighted by Crippen LogP contribution is -2.55. The lowest BCUT2D eigenvalue weighted by atomic mass is 9.94. The van der Waals surface area contributed by atoms with Crippen LogP contribution in [0.25, 0.3) is 10.2 Å². The first-order valence-corrected chi connectivity index (χ1v) is 11.2. The molecular weight excluding hydrogens is 422 g/mol. The molecule has 4 atom stereocenters. The maximum Gasteiger partial charge on any atom is 0.246 e. The Hall–Kier alpha value is -2.36. The Morgan fingerprint density at radius 1 is 1.27 bits per heavy atom. The second-order valence-electron chi connectivity index (χ2n) is 8.30. The normalized spacial score (nSPS) is 30.1. The largest absolute Gasteiger partial charge is 0.335 e. The number of carbonyl (C=O) groups is 1. The highest BCUT2D eigenvalue weighted by Gasteiger charge is 2.51. The van der Waals surface area contributed by atoms with E-state index in [9.17, 15) is 4.79 Å². The number of nitrogens with zero attached hydrogens (tertiary/aromatic N) is 6. The number of rotatable bonds is 1. The summed E-state index contributed by atoms with van der Waals surface area (Å²) in [6.45, 7) is 1.95. The summed E-state index contributed by atoms with van der Waals surface area (Å²) in [5.41, 5.74) is 8.39.